The van der Waals surface area contributed by atoms with E-state index in [0.717, 1.165) is 35.5 Å². The number of amides is 2. The Morgan fingerprint density at radius 2 is 2.07 bits per heavy atom. The summed E-state index contributed by atoms with van der Waals surface area (Å²) in [7, 11) is 0. The van der Waals surface area contributed by atoms with Crippen molar-refractivity contribution in [2.24, 2.45) is 5.73 Å². The molecule has 1 aliphatic rings. The van der Waals surface area contributed by atoms with E-state index in [1.807, 2.05) is 13.0 Å². The van der Waals surface area contributed by atoms with Gasteiger partial charge in [0, 0.05) is 18.4 Å². The number of unbranched alkanes of at least 4 members (excludes halogenated alkanes) is 1. The lowest BCUT2D eigenvalue weighted by molar-refractivity contribution is -0.129. The third-order valence-corrected chi connectivity index (χ3v) is 5.06. The minimum absolute atomic E-state index is 0.0982. The first-order valence-electron chi connectivity index (χ1n) is 9.40. The molecule has 2 aromatic rings. The van der Waals surface area contributed by atoms with Crippen molar-refractivity contribution in [1.82, 2.24) is 15.3 Å². The van der Waals surface area contributed by atoms with Gasteiger partial charge >= 0.3 is 0 Å². The number of rotatable bonds is 7. The van der Waals surface area contributed by atoms with Gasteiger partial charge in [-0.2, -0.15) is 5.10 Å². The number of fused-ring (bicyclic) bond motifs is 1. The van der Waals surface area contributed by atoms with Crippen molar-refractivity contribution in [1.29, 1.82) is 0 Å². The molecule has 0 aliphatic heterocycles. The fourth-order valence-electron chi connectivity index (χ4n) is 3.68. The number of primary amides is 1. The number of carbonyl (C=O) groups excluding carboxylic acids is 3. The van der Waals surface area contributed by atoms with Crippen molar-refractivity contribution in [3.05, 3.63) is 46.3 Å². The van der Waals surface area contributed by atoms with E-state index in [4.69, 9.17) is 16.0 Å². The van der Waals surface area contributed by atoms with E-state index < -0.39 is 11.8 Å². The van der Waals surface area contributed by atoms with Gasteiger partial charge in [-0.3, -0.25) is 19.6 Å². The Bertz CT molecular complexity index is 933. The first-order valence-corrected chi connectivity index (χ1v) is 9.40. The third-order valence-electron chi connectivity index (χ3n) is 5.06. The maximum absolute atomic E-state index is 12.5. The highest BCUT2D eigenvalue weighted by molar-refractivity contribution is 5.99. The quantitative estimate of drug-likeness (QED) is 0.382. The number of hydroxylamine groups is 1. The fraction of sp³-hybridized carbons (Fsp3) is 0.400. The summed E-state index contributed by atoms with van der Waals surface area (Å²) in [5, 5.41) is 13.3. The number of benzene rings is 1. The van der Waals surface area contributed by atoms with E-state index in [9.17, 15) is 14.4 Å². The Kier molecular flexibility index (Phi) is 5.89. The van der Waals surface area contributed by atoms with Gasteiger partial charge in [0.2, 0.25) is 11.8 Å². The molecule has 0 radical (unpaired) electrons. The topological polar surface area (TPSA) is 127 Å². The van der Waals surface area contributed by atoms with Gasteiger partial charge in [0.25, 0.3) is 0 Å². The largest absolute Gasteiger partial charge is 0.366 e. The zero-order chi connectivity index (χ0) is 20.3. The summed E-state index contributed by atoms with van der Waals surface area (Å²) in [5.41, 5.74) is 11.3. The van der Waals surface area contributed by atoms with Gasteiger partial charge in [-0.15, -0.1) is 0 Å². The molecule has 0 unspecified atom stereocenters. The molecule has 8 heteroatoms. The first kappa shape index (κ1) is 19.8. The molecule has 28 heavy (non-hydrogen) atoms. The number of aryl methyl sites for hydroxylation is 2. The number of nitrogens with one attached hydrogen (secondary N) is 1. The van der Waals surface area contributed by atoms with Crippen LogP contribution in [0.4, 0.5) is 0 Å². The molecule has 0 fully saturated rings. The summed E-state index contributed by atoms with van der Waals surface area (Å²) >= 11 is 0. The van der Waals surface area contributed by atoms with Crippen LogP contribution in [0.25, 0.3) is 5.69 Å². The first-order chi connectivity index (χ1) is 13.4. The molecule has 0 bridgehead atoms. The van der Waals surface area contributed by atoms with Crippen LogP contribution in [0.1, 0.15) is 69.8 Å². The Morgan fingerprint density at radius 3 is 2.75 bits per heavy atom. The average Bonchev–Trinajstić information content (AvgIpc) is 3.04. The third kappa shape index (κ3) is 3.96. The fourth-order valence-corrected chi connectivity index (χ4v) is 3.68. The second-order valence-electron chi connectivity index (χ2n) is 7.06. The van der Waals surface area contributed by atoms with E-state index in [1.165, 1.54) is 0 Å². The zero-order valence-electron chi connectivity index (χ0n) is 15.8. The van der Waals surface area contributed by atoms with Crippen LogP contribution in [-0.4, -0.2) is 32.6 Å². The van der Waals surface area contributed by atoms with Gasteiger partial charge < -0.3 is 5.73 Å². The summed E-state index contributed by atoms with van der Waals surface area (Å²) in [5.74, 6) is -0.802. The Hall–Kier alpha value is -3.00. The van der Waals surface area contributed by atoms with E-state index >= 15 is 0 Å². The molecule has 0 spiro atoms. The normalized spacial score (nSPS) is 13.3. The molecule has 2 amide bonds. The monoisotopic (exact) mass is 384 g/mol. The lowest BCUT2D eigenvalue weighted by Crippen LogP contribution is -2.17. The van der Waals surface area contributed by atoms with Gasteiger partial charge in [0.15, 0.2) is 5.78 Å². The second-order valence-corrected chi connectivity index (χ2v) is 7.06. The standard InChI is InChI=1S/C20H24N4O4/c1-12-11-13(9-10-14(12)20(21)27)24-16-6-4-7-17(25)19(16)15(22-24)5-2-3-8-18(26)23-28/h9-11,28H,2-8H2,1H3,(H2,21,27)(H,23,26). The Labute approximate surface area is 162 Å². The molecule has 0 saturated heterocycles. The van der Waals surface area contributed by atoms with Crippen LogP contribution in [-0.2, 0) is 17.6 Å². The summed E-state index contributed by atoms with van der Waals surface area (Å²) in [6, 6.07) is 5.32. The van der Waals surface area contributed by atoms with Gasteiger partial charge in [-0.05, 0) is 62.8 Å². The van der Waals surface area contributed by atoms with Gasteiger partial charge in [-0.1, -0.05) is 0 Å². The van der Waals surface area contributed by atoms with Crippen molar-refractivity contribution in [3.63, 3.8) is 0 Å². The van der Waals surface area contributed by atoms with Crippen LogP contribution in [0.3, 0.4) is 0 Å². The predicted octanol–water partition coefficient (Wildman–Crippen LogP) is 2.02. The Balaban J connectivity index is 1.90. The number of carbonyl (C=O) groups is 3. The second kappa shape index (κ2) is 8.35. The van der Waals surface area contributed by atoms with Crippen molar-refractivity contribution >= 4 is 17.6 Å². The number of nitrogens with zero attached hydrogens (tertiary/aromatic N) is 2. The highest BCUT2D eigenvalue weighted by atomic mass is 16.5. The number of aromatic nitrogens is 2. The van der Waals surface area contributed by atoms with Crippen LogP contribution in [0.15, 0.2) is 18.2 Å². The minimum atomic E-state index is -0.477. The zero-order valence-corrected chi connectivity index (χ0v) is 15.8. The van der Waals surface area contributed by atoms with Crippen molar-refractivity contribution in [2.75, 3.05) is 0 Å². The predicted molar refractivity (Wildman–Crippen MR) is 102 cm³/mol. The molecule has 0 saturated carbocycles. The maximum atomic E-state index is 12.5. The van der Waals surface area contributed by atoms with Crippen molar-refractivity contribution in [2.45, 2.75) is 51.9 Å². The molecular formula is C20H24N4O4. The molecule has 1 aliphatic carbocycles. The van der Waals surface area contributed by atoms with Gasteiger partial charge in [0.1, 0.15) is 0 Å². The van der Waals surface area contributed by atoms with Crippen LogP contribution >= 0.6 is 0 Å². The molecule has 1 aromatic heterocycles. The van der Waals surface area contributed by atoms with Crippen LogP contribution in [0.5, 0.6) is 0 Å². The Morgan fingerprint density at radius 1 is 1.29 bits per heavy atom. The summed E-state index contributed by atoms with van der Waals surface area (Å²) in [6.07, 6.45) is 4.14. The number of hydrogen-bond acceptors (Lipinski definition) is 5. The van der Waals surface area contributed by atoms with E-state index in [0.29, 0.717) is 36.8 Å². The van der Waals surface area contributed by atoms with Crippen LogP contribution < -0.4 is 11.2 Å². The highest BCUT2D eigenvalue weighted by Crippen LogP contribution is 2.28. The van der Waals surface area contributed by atoms with Crippen molar-refractivity contribution in [3.8, 4) is 5.69 Å². The van der Waals surface area contributed by atoms with Crippen LogP contribution in [0, 0.1) is 6.92 Å². The molecule has 4 N–H and O–H groups in total. The summed E-state index contributed by atoms with van der Waals surface area (Å²) in [4.78, 5) is 35.2. The molecule has 0 atom stereocenters. The molecule has 3 rings (SSSR count). The van der Waals surface area contributed by atoms with Gasteiger partial charge in [0.05, 0.1) is 22.6 Å². The average molecular weight is 384 g/mol. The van der Waals surface area contributed by atoms with E-state index in [2.05, 4.69) is 0 Å². The summed E-state index contributed by atoms with van der Waals surface area (Å²) in [6.45, 7) is 1.82. The maximum Gasteiger partial charge on any atom is 0.248 e. The smallest absolute Gasteiger partial charge is 0.248 e. The number of hydrogen-bond donors (Lipinski definition) is 3. The van der Waals surface area contributed by atoms with Gasteiger partial charge in [-0.25, -0.2) is 10.2 Å². The van der Waals surface area contributed by atoms with E-state index in [-0.39, 0.29) is 12.2 Å². The SMILES string of the molecule is Cc1cc(-n2nc(CCCCC(=O)NO)c3c2CCCC3=O)ccc1C(N)=O. The molecule has 1 heterocycles. The van der Waals surface area contributed by atoms with E-state index in [1.54, 1.807) is 22.3 Å². The lowest BCUT2D eigenvalue weighted by Gasteiger charge is -2.14. The molecule has 148 valence electrons. The minimum Gasteiger partial charge on any atom is -0.366 e. The molecule has 1 aromatic carbocycles. The molecular weight excluding hydrogens is 360 g/mol. The summed E-state index contributed by atoms with van der Waals surface area (Å²) < 4.78 is 1.79. The highest BCUT2D eigenvalue weighted by Gasteiger charge is 2.27. The lowest BCUT2D eigenvalue weighted by atomic mass is 9.93. The number of ketones is 1. The molecule has 8 nitrogen and oxygen atoms in total. The van der Waals surface area contributed by atoms with Crippen LogP contribution in [0.2, 0.25) is 0 Å². The number of nitrogens with two attached hydrogens (primary N) is 1. The van der Waals surface area contributed by atoms with Crippen molar-refractivity contribution < 1.29 is 19.6 Å². The number of Topliss-reactive ketones (excluding diaryl/α,β-unsaturated/α-hetero) is 1.